The van der Waals surface area contributed by atoms with Crippen LogP contribution in [-0.4, -0.2) is 28.8 Å². The van der Waals surface area contributed by atoms with Crippen molar-refractivity contribution in [1.29, 1.82) is 0 Å². The minimum atomic E-state index is -1.06. The van der Waals surface area contributed by atoms with Crippen molar-refractivity contribution in [3.05, 3.63) is 29.8 Å². The molecule has 6 heteroatoms. The molecule has 17 heavy (non-hydrogen) atoms. The summed E-state index contributed by atoms with van der Waals surface area (Å²) in [5.74, 6) is -1.63. The van der Waals surface area contributed by atoms with Crippen molar-refractivity contribution in [3.63, 3.8) is 0 Å². The summed E-state index contributed by atoms with van der Waals surface area (Å²) >= 11 is 0. The van der Waals surface area contributed by atoms with E-state index >= 15 is 0 Å². The maximum Gasteiger partial charge on any atom is 0.341 e. The number of aliphatic carboxylic acids is 2. The monoisotopic (exact) mass is 239 g/mol. The molecule has 0 amide bonds. The van der Waals surface area contributed by atoms with Gasteiger partial charge in [-0.2, -0.15) is 0 Å². The molecule has 1 atom stereocenters. The standard InChI is InChI=1S/C11H13NO5/c12-9(5-10(13)14)7-1-3-8(4-2-7)17-6-11(15)16/h1-4,9H,5-6,12H2,(H,13,14)(H,15,16). The van der Waals surface area contributed by atoms with E-state index in [2.05, 4.69) is 0 Å². The van der Waals surface area contributed by atoms with Gasteiger partial charge in [-0.3, -0.25) is 4.79 Å². The van der Waals surface area contributed by atoms with Crippen molar-refractivity contribution in [1.82, 2.24) is 0 Å². The highest BCUT2D eigenvalue weighted by Gasteiger charge is 2.10. The van der Waals surface area contributed by atoms with Crippen molar-refractivity contribution in [2.75, 3.05) is 6.61 Å². The maximum atomic E-state index is 10.5. The molecule has 0 spiro atoms. The molecule has 1 unspecified atom stereocenters. The molecule has 0 saturated heterocycles. The van der Waals surface area contributed by atoms with E-state index in [1.54, 1.807) is 24.3 Å². The number of carbonyl (C=O) groups is 2. The van der Waals surface area contributed by atoms with Crippen LogP contribution in [-0.2, 0) is 9.59 Å². The van der Waals surface area contributed by atoms with Crippen LogP contribution in [0.4, 0.5) is 0 Å². The second kappa shape index (κ2) is 5.86. The number of nitrogens with two attached hydrogens (primary N) is 1. The second-order valence-corrected chi connectivity index (χ2v) is 3.46. The first-order valence-corrected chi connectivity index (χ1v) is 4.91. The molecule has 0 radical (unpaired) electrons. The van der Waals surface area contributed by atoms with Crippen LogP contribution < -0.4 is 10.5 Å². The number of hydrogen-bond donors (Lipinski definition) is 3. The Bertz CT molecular complexity index is 401. The number of hydrogen-bond acceptors (Lipinski definition) is 4. The summed E-state index contributed by atoms with van der Waals surface area (Å²) < 4.78 is 4.93. The van der Waals surface area contributed by atoms with Crippen molar-refractivity contribution >= 4 is 11.9 Å². The van der Waals surface area contributed by atoms with E-state index in [4.69, 9.17) is 20.7 Å². The maximum absolute atomic E-state index is 10.5. The minimum absolute atomic E-state index is 0.157. The molecule has 0 aromatic heterocycles. The molecule has 0 bridgehead atoms. The van der Waals surface area contributed by atoms with Gasteiger partial charge in [0, 0.05) is 6.04 Å². The Morgan fingerprint density at radius 2 is 1.76 bits per heavy atom. The number of ether oxygens (including phenoxy) is 1. The van der Waals surface area contributed by atoms with Gasteiger partial charge in [-0.1, -0.05) is 12.1 Å². The van der Waals surface area contributed by atoms with Gasteiger partial charge in [0.1, 0.15) is 5.75 Å². The largest absolute Gasteiger partial charge is 0.482 e. The molecule has 6 nitrogen and oxygen atoms in total. The van der Waals surface area contributed by atoms with E-state index in [0.29, 0.717) is 11.3 Å². The van der Waals surface area contributed by atoms with Crippen molar-refractivity contribution in [3.8, 4) is 5.75 Å². The molecular weight excluding hydrogens is 226 g/mol. The van der Waals surface area contributed by atoms with Crippen LogP contribution in [0.2, 0.25) is 0 Å². The molecule has 0 aliphatic heterocycles. The Morgan fingerprint density at radius 3 is 2.24 bits per heavy atom. The van der Waals surface area contributed by atoms with Gasteiger partial charge in [0.05, 0.1) is 6.42 Å². The topological polar surface area (TPSA) is 110 Å². The summed E-state index contributed by atoms with van der Waals surface area (Å²) in [4.78, 5) is 20.7. The van der Waals surface area contributed by atoms with E-state index in [1.807, 2.05) is 0 Å². The van der Waals surface area contributed by atoms with Crippen molar-refractivity contribution in [2.45, 2.75) is 12.5 Å². The second-order valence-electron chi connectivity index (χ2n) is 3.46. The van der Waals surface area contributed by atoms with Crippen LogP contribution >= 0.6 is 0 Å². The smallest absolute Gasteiger partial charge is 0.341 e. The summed E-state index contributed by atoms with van der Waals surface area (Å²) in [6.07, 6.45) is -0.157. The van der Waals surface area contributed by atoms with Crippen LogP contribution in [0.3, 0.4) is 0 Å². The highest BCUT2D eigenvalue weighted by Crippen LogP contribution is 2.18. The molecule has 1 rings (SSSR count). The Morgan fingerprint density at radius 1 is 1.18 bits per heavy atom. The highest BCUT2D eigenvalue weighted by atomic mass is 16.5. The Hall–Kier alpha value is -2.08. The first-order valence-electron chi connectivity index (χ1n) is 4.91. The lowest BCUT2D eigenvalue weighted by Crippen LogP contribution is -2.15. The lowest BCUT2D eigenvalue weighted by molar-refractivity contribution is -0.139. The summed E-state index contributed by atoms with van der Waals surface area (Å²) in [6, 6.07) is 5.76. The molecule has 4 N–H and O–H groups in total. The van der Waals surface area contributed by atoms with E-state index in [-0.39, 0.29) is 6.42 Å². The molecule has 1 aromatic rings. The number of carboxylic acids is 2. The summed E-state index contributed by atoms with van der Waals surface area (Å²) in [7, 11) is 0. The third-order valence-electron chi connectivity index (χ3n) is 2.07. The zero-order valence-corrected chi connectivity index (χ0v) is 9.00. The van der Waals surface area contributed by atoms with Crippen LogP contribution in [0.1, 0.15) is 18.0 Å². The van der Waals surface area contributed by atoms with Gasteiger partial charge in [0.25, 0.3) is 0 Å². The van der Waals surface area contributed by atoms with Crippen LogP contribution in [0, 0.1) is 0 Å². The molecule has 0 saturated carbocycles. The molecule has 92 valence electrons. The Balaban J connectivity index is 2.60. The quantitative estimate of drug-likeness (QED) is 0.671. The van der Waals surface area contributed by atoms with E-state index < -0.39 is 24.6 Å². The van der Waals surface area contributed by atoms with E-state index in [1.165, 1.54) is 0 Å². The fourth-order valence-electron chi connectivity index (χ4n) is 1.26. The molecule has 0 aliphatic rings. The molecule has 0 heterocycles. The van der Waals surface area contributed by atoms with Gasteiger partial charge in [-0.15, -0.1) is 0 Å². The van der Waals surface area contributed by atoms with Gasteiger partial charge in [-0.25, -0.2) is 4.79 Å². The average molecular weight is 239 g/mol. The normalized spacial score (nSPS) is 11.8. The molecule has 0 aliphatic carbocycles. The van der Waals surface area contributed by atoms with Gasteiger partial charge >= 0.3 is 11.9 Å². The van der Waals surface area contributed by atoms with Gasteiger partial charge in [0.15, 0.2) is 6.61 Å². The fourth-order valence-corrected chi connectivity index (χ4v) is 1.26. The minimum Gasteiger partial charge on any atom is -0.482 e. The SMILES string of the molecule is NC(CC(=O)O)c1ccc(OCC(=O)O)cc1. The lowest BCUT2D eigenvalue weighted by atomic mass is 10.1. The molecule has 0 fully saturated rings. The fraction of sp³-hybridized carbons (Fsp3) is 0.273. The van der Waals surface area contributed by atoms with E-state index in [9.17, 15) is 9.59 Å². The number of rotatable bonds is 6. The number of carboxylic acid groups (broad SMARTS) is 2. The zero-order valence-electron chi connectivity index (χ0n) is 9.00. The summed E-state index contributed by atoms with van der Waals surface area (Å²) in [5.41, 5.74) is 6.31. The van der Waals surface area contributed by atoms with Crippen LogP contribution in [0.5, 0.6) is 5.75 Å². The predicted molar refractivity (Wildman–Crippen MR) is 58.8 cm³/mol. The summed E-state index contributed by atoms with van der Waals surface area (Å²) in [6.45, 7) is -0.416. The number of benzene rings is 1. The summed E-state index contributed by atoms with van der Waals surface area (Å²) in [5, 5.41) is 17.0. The zero-order chi connectivity index (χ0) is 12.8. The average Bonchev–Trinajstić information content (AvgIpc) is 2.26. The third kappa shape index (κ3) is 4.52. The van der Waals surface area contributed by atoms with Gasteiger partial charge in [-0.05, 0) is 17.7 Å². The van der Waals surface area contributed by atoms with Gasteiger partial charge < -0.3 is 20.7 Å². The first-order chi connectivity index (χ1) is 7.99. The predicted octanol–water partition coefficient (Wildman–Crippen LogP) is 0.624. The van der Waals surface area contributed by atoms with Crippen LogP contribution in [0.25, 0.3) is 0 Å². The Kier molecular flexibility index (Phi) is 4.47. The van der Waals surface area contributed by atoms with Crippen LogP contribution in [0.15, 0.2) is 24.3 Å². The molecule has 1 aromatic carbocycles. The third-order valence-corrected chi connectivity index (χ3v) is 2.07. The van der Waals surface area contributed by atoms with E-state index in [0.717, 1.165) is 0 Å². The Labute approximate surface area is 97.6 Å². The van der Waals surface area contributed by atoms with Crippen molar-refractivity contribution in [2.24, 2.45) is 5.73 Å². The van der Waals surface area contributed by atoms with Gasteiger partial charge in [0.2, 0.25) is 0 Å². The lowest BCUT2D eigenvalue weighted by Gasteiger charge is -2.10. The first kappa shape index (κ1) is 13.0. The highest BCUT2D eigenvalue weighted by molar-refractivity contribution is 5.68. The molecular formula is C11H13NO5. The van der Waals surface area contributed by atoms with Crippen molar-refractivity contribution < 1.29 is 24.5 Å².